The maximum Gasteiger partial charge on any atom is 0.225 e. The minimum atomic E-state index is -0.837. The van der Waals surface area contributed by atoms with Gasteiger partial charge in [-0.15, -0.1) is 0 Å². The molecule has 1 aromatic heterocycles. The summed E-state index contributed by atoms with van der Waals surface area (Å²) >= 11 is 0. The highest BCUT2D eigenvalue weighted by Crippen LogP contribution is 2.52. The van der Waals surface area contributed by atoms with Crippen LogP contribution in [0.4, 0.5) is 0 Å². The Labute approximate surface area is 111 Å². The van der Waals surface area contributed by atoms with Gasteiger partial charge in [-0.1, -0.05) is 18.2 Å². The molecule has 2 aromatic rings. The first-order valence-corrected chi connectivity index (χ1v) is 6.71. The minimum absolute atomic E-state index is 0.324. The zero-order chi connectivity index (χ0) is 12.9. The number of hydrogen-bond acceptors (Lipinski definition) is 3. The van der Waals surface area contributed by atoms with Gasteiger partial charge in [0.05, 0.1) is 0 Å². The Morgan fingerprint density at radius 2 is 2.00 bits per heavy atom. The summed E-state index contributed by atoms with van der Waals surface area (Å²) in [4.78, 5) is 4.30. The normalized spacial score (nSPS) is 24.9. The maximum absolute atomic E-state index is 11.2. The molecule has 96 valence electrons. The molecule has 19 heavy (non-hydrogen) atoms. The van der Waals surface area contributed by atoms with E-state index >= 15 is 0 Å². The van der Waals surface area contributed by atoms with Crippen LogP contribution in [0.3, 0.4) is 0 Å². The van der Waals surface area contributed by atoms with Crippen LogP contribution in [0.15, 0.2) is 42.6 Å². The lowest BCUT2D eigenvalue weighted by atomic mass is 9.84. The average Bonchev–Trinajstić information content (AvgIpc) is 3.25. The van der Waals surface area contributed by atoms with Gasteiger partial charge >= 0.3 is 0 Å². The van der Waals surface area contributed by atoms with Crippen molar-refractivity contribution >= 4 is 0 Å². The fourth-order valence-corrected chi connectivity index (χ4v) is 2.97. The smallest absolute Gasteiger partial charge is 0.225 e. The highest BCUT2D eigenvalue weighted by molar-refractivity contribution is 5.46. The largest absolute Gasteiger partial charge is 0.438 e. The molecule has 1 unspecified atom stereocenters. The van der Waals surface area contributed by atoms with Crippen LogP contribution < -0.4 is 4.74 Å². The fourth-order valence-electron chi connectivity index (χ4n) is 2.97. The van der Waals surface area contributed by atoms with Crippen molar-refractivity contribution in [3.05, 3.63) is 53.7 Å². The Balaban J connectivity index is 1.93. The lowest BCUT2D eigenvalue weighted by Gasteiger charge is -2.27. The Morgan fingerprint density at radius 3 is 2.84 bits per heavy atom. The number of ether oxygens (including phenoxy) is 1. The van der Waals surface area contributed by atoms with Crippen LogP contribution >= 0.6 is 0 Å². The molecule has 3 heteroatoms. The molecule has 1 aliphatic heterocycles. The van der Waals surface area contributed by atoms with E-state index in [2.05, 4.69) is 4.98 Å². The van der Waals surface area contributed by atoms with Crippen molar-refractivity contribution in [1.82, 2.24) is 4.98 Å². The molecule has 3 nitrogen and oxygen atoms in total. The van der Waals surface area contributed by atoms with Crippen LogP contribution in [0, 0.1) is 5.92 Å². The molecule has 1 aromatic carbocycles. The summed E-state index contributed by atoms with van der Waals surface area (Å²) in [6.45, 7) is 0. The van der Waals surface area contributed by atoms with E-state index in [1.165, 1.54) is 0 Å². The standard InChI is InChI=1S/C16H15NO2/c18-16(12-7-8-12)10-11-4-1-2-6-14(11)19-15-13(16)5-3-9-17-15/h1-6,9,12,18H,7-8,10H2. The summed E-state index contributed by atoms with van der Waals surface area (Å²) in [6, 6.07) is 11.7. The predicted molar refractivity (Wildman–Crippen MR) is 71.1 cm³/mol. The van der Waals surface area contributed by atoms with Crippen LogP contribution in [0.2, 0.25) is 0 Å². The molecule has 0 bridgehead atoms. The lowest BCUT2D eigenvalue weighted by Crippen LogP contribution is -2.30. The van der Waals surface area contributed by atoms with E-state index in [4.69, 9.17) is 4.74 Å². The van der Waals surface area contributed by atoms with E-state index in [1.807, 2.05) is 36.4 Å². The highest BCUT2D eigenvalue weighted by atomic mass is 16.5. The highest BCUT2D eigenvalue weighted by Gasteiger charge is 2.48. The molecule has 0 saturated heterocycles. The molecular weight excluding hydrogens is 238 g/mol. The molecule has 0 radical (unpaired) electrons. The molecule has 1 aliphatic carbocycles. The van der Waals surface area contributed by atoms with Crippen molar-refractivity contribution in [1.29, 1.82) is 0 Å². The fraction of sp³-hybridized carbons (Fsp3) is 0.312. The molecule has 1 N–H and O–H groups in total. The third kappa shape index (κ3) is 1.65. The Hall–Kier alpha value is -1.87. The molecule has 1 fully saturated rings. The summed E-state index contributed by atoms with van der Waals surface area (Å²) < 4.78 is 5.90. The number of aliphatic hydroxyl groups is 1. The number of fused-ring (bicyclic) bond motifs is 2. The van der Waals surface area contributed by atoms with Crippen molar-refractivity contribution in [2.45, 2.75) is 24.9 Å². The van der Waals surface area contributed by atoms with E-state index in [1.54, 1.807) is 6.20 Å². The zero-order valence-electron chi connectivity index (χ0n) is 10.5. The third-order valence-corrected chi connectivity index (χ3v) is 4.13. The molecular formula is C16H15NO2. The van der Waals surface area contributed by atoms with E-state index < -0.39 is 5.60 Å². The molecule has 4 rings (SSSR count). The summed E-state index contributed by atoms with van der Waals surface area (Å²) in [6.07, 6.45) is 4.46. The predicted octanol–water partition coefficient (Wildman–Crippen LogP) is 3.03. The van der Waals surface area contributed by atoms with Gasteiger partial charge in [-0.3, -0.25) is 0 Å². The molecule has 2 heterocycles. The van der Waals surface area contributed by atoms with Crippen molar-refractivity contribution in [2.24, 2.45) is 5.92 Å². The number of para-hydroxylation sites is 1. The second-order valence-electron chi connectivity index (χ2n) is 5.44. The first-order chi connectivity index (χ1) is 9.27. The van der Waals surface area contributed by atoms with Crippen molar-refractivity contribution in [3.63, 3.8) is 0 Å². The van der Waals surface area contributed by atoms with E-state index in [0.29, 0.717) is 18.2 Å². The molecule has 0 amide bonds. The number of benzene rings is 1. The number of hydrogen-bond donors (Lipinski definition) is 1. The second kappa shape index (κ2) is 3.81. The van der Waals surface area contributed by atoms with Gasteiger partial charge in [0.25, 0.3) is 0 Å². The monoisotopic (exact) mass is 253 g/mol. The quantitative estimate of drug-likeness (QED) is 0.849. The van der Waals surface area contributed by atoms with Crippen molar-refractivity contribution in [2.75, 3.05) is 0 Å². The van der Waals surface area contributed by atoms with Gasteiger partial charge in [0, 0.05) is 18.2 Å². The van der Waals surface area contributed by atoms with Gasteiger partial charge in [0.2, 0.25) is 5.88 Å². The third-order valence-electron chi connectivity index (χ3n) is 4.13. The van der Waals surface area contributed by atoms with E-state index in [-0.39, 0.29) is 0 Å². The molecule has 0 spiro atoms. The zero-order valence-corrected chi connectivity index (χ0v) is 10.5. The van der Waals surface area contributed by atoms with Crippen LogP contribution in [-0.2, 0) is 12.0 Å². The molecule has 1 saturated carbocycles. The first kappa shape index (κ1) is 11.0. The number of nitrogens with zero attached hydrogens (tertiary/aromatic N) is 1. The average molecular weight is 253 g/mol. The Bertz CT molecular complexity index is 636. The SMILES string of the molecule is OC1(C2CC2)Cc2ccccc2Oc2ncccc21. The van der Waals surface area contributed by atoms with Crippen molar-refractivity contribution < 1.29 is 9.84 Å². The molecule has 2 aliphatic rings. The van der Waals surface area contributed by atoms with Crippen LogP contribution in [0.25, 0.3) is 0 Å². The first-order valence-electron chi connectivity index (χ1n) is 6.71. The van der Waals surface area contributed by atoms with Crippen LogP contribution in [0.5, 0.6) is 11.6 Å². The van der Waals surface area contributed by atoms with E-state index in [9.17, 15) is 5.11 Å². The lowest BCUT2D eigenvalue weighted by molar-refractivity contribution is 0.0131. The van der Waals surface area contributed by atoms with Gasteiger partial charge in [0.1, 0.15) is 11.4 Å². The van der Waals surface area contributed by atoms with Crippen LogP contribution in [0.1, 0.15) is 24.0 Å². The maximum atomic E-state index is 11.2. The van der Waals surface area contributed by atoms with Gasteiger partial charge in [0.15, 0.2) is 0 Å². The summed E-state index contributed by atoms with van der Waals surface area (Å²) in [5.41, 5.74) is 1.04. The summed E-state index contributed by atoms with van der Waals surface area (Å²) in [5, 5.41) is 11.2. The molecule has 1 atom stereocenters. The Morgan fingerprint density at radius 1 is 1.16 bits per heavy atom. The van der Waals surface area contributed by atoms with Gasteiger partial charge < -0.3 is 9.84 Å². The number of rotatable bonds is 1. The van der Waals surface area contributed by atoms with Crippen LogP contribution in [-0.4, -0.2) is 10.1 Å². The summed E-state index contributed by atoms with van der Waals surface area (Å²) in [7, 11) is 0. The summed E-state index contributed by atoms with van der Waals surface area (Å²) in [5.74, 6) is 1.67. The van der Waals surface area contributed by atoms with Gasteiger partial charge in [-0.25, -0.2) is 4.98 Å². The topological polar surface area (TPSA) is 42.4 Å². The number of aromatic nitrogens is 1. The minimum Gasteiger partial charge on any atom is -0.438 e. The second-order valence-corrected chi connectivity index (χ2v) is 5.44. The van der Waals surface area contributed by atoms with Gasteiger partial charge in [-0.05, 0) is 42.5 Å². The Kier molecular flexibility index (Phi) is 2.21. The van der Waals surface area contributed by atoms with Crippen molar-refractivity contribution in [3.8, 4) is 11.6 Å². The van der Waals surface area contributed by atoms with E-state index in [0.717, 1.165) is 29.7 Å². The van der Waals surface area contributed by atoms with Gasteiger partial charge in [-0.2, -0.15) is 0 Å². The number of pyridine rings is 1.